The van der Waals surface area contributed by atoms with Crippen LogP contribution in [0, 0.1) is 5.92 Å². The first-order valence-electron chi connectivity index (χ1n) is 13.3. The molecule has 0 saturated carbocycles. The van der Waals surface area contributed by atoms with Gasteiger partial charge in [0.1, 0.15) is 18.7 Å². The number of hydrogen-bond acceptors (Lipinski definition) is 11. The molecule has 13 nitrogen and oxygen atoms in total. The first kappa shape index (κ1) is 31.4. The summed E-state index contributed by atoms with van der Waals surface area (Å²) in [6.45, 7) is 8.07. The van der Waals surface area contributed by atoms with E-state index in [1.807, 2.05) is 6.07 Å². The summed E-state index contributed by atoms with van der Waals surface area (Å²) in [5.41, 5.74) is 7.68. The Morgan fingerprint density at radius 3 is 2.79 bits per heavy atom. The van der Waals surface area contributed by atoms with E-state index in [2.05, 4.69) is 33.2 Å². The molecule has 4 atom stereocenters. The first-order chi connectivity index (χ1) is 20.4. The zero-order valence-corrected chi connectivity index (χ0v) is 24.7. The van der Waals surface area contributed by atoms with E-state index in [4.69, 9.17) is 33.7 Å². The smallest absolute Gasteiger partial charge is 0.460 e. The average Bonchev–Trinajstić information content (AvgIpc) is 3.60. The predicted molar refractivity (Wildman–Crippen MR) is 158 cm³/mol. The van der Waals surface area contributed by atoms with Crippen LogP contribution in [0.2, 0.25) is 0 Å². The van der Waals surface area contributed by atoms with Crippen molar-refractivity contribution in [3.05, 3.63) is 73.6 Å². The highest BCUT2D eigenvalue weighted by Gasteiger charge is 2.39. The topological polar surface area (TPSA) is 154 Å². The monoisotopic (exact) mass is 600 g/mol. The number of nitrogens with zero attached hydrogens (tertiary/aromatic N) is 4. The van der Waals surface area contributed by atoms with Gasteiger partial charge in [-0.05, 0) is 30.5 Å². The Hall–Kier alpha value is -3.58. The lowest BCUT2D eigenvalue weighted by Gasteiger charge is -2.22. The second-order valence-corrected chi connectivity index (χ2v) is 11.1. The van der Waals surface area contributed by atoms with Gasteiger partial charge in [-0.3, -0.25) is 9.09 Å². The molecule has 42 heavy (non-hydrogen) atoms. The van der Waals surface area contributed by atoms with Crippen molar-refractivity contribution < 1.29 is 32.6 Å². The van der Waals surface area contributed by atoms with Gasteiger partial charge >= 0.3 is 7.75 Å². The van der Waals surface area contributed by atoms with Gasteiger partial charge in [-0.25, -0.2) is 9.55 Å². The van der Waals surface area contributed by atoms with Crippen molar-refractivity contribution in [1.82, 2.24) is 24.6 Å². The number of nitrogens with one attached hydrogen (secondary N) is 1. The molecule has 0 aliphatic carbocycles. The SMILES string of the molecule is C=C/C=C(\C=C)COCNP(=O)(OCC1CC(CCOC)C(n2cnc3c(OC)nc(N)nc32)O1)Oc1ccccc1. The molecule has 226 valence electrons. The average molecular weight is 601 g/mol. The molecule has 1 aliphatic heterocycles. The maximum atomic E-state index is 13.8. The summed E-state index contributed by atoms with van der Waals surface area (Å²) in [5.74, 6) is 0.721. The molecular formula is C28H37N6O7P. The Morgan fingerprint density at radius 1 is 1.26 bits per heavy atom. The molecule has 4 rings (SSSR count). The number of nitrogen functional groups attached to an aromatic ring is 1. The number of hydrogen-bond donors (Lipinski definition) is 2. The maximum Gasteiger partial charge on any atom is 0.460 e. The van der Waals surface area contributed by atoms with Crippen LogP contribution in [0.3, 0.4) is 0 Å². The van der Waals surface area contributed by atoms with Gasteiger partial charge in [0.15, 0.2) is 11.2 Å². The zero-order valence-electron chi connectivity index (χ0n) is 23.8. The van der Waals surface area contributed by atoms with Crippen molar-refractivity contribution in [1.29, 1.82) is 0 Å². The fourth-order valence-corrected chi connectivity index (χ4v) is 5.73. The third-order valence-corrected chi connectivity index (χ3v) is 7.95. The lowest BCUT2D eigenvalue weighted by molar-refractivity contribution is -0.0314. The summed E-state index contributed by atoms with van der Waals surface area (Å²) < 4.78 is 50.0. The molecule has 0 amide bonds. The van der Waals surface area contributed by atoms with E-state index in [9.17, 15) is 4.57 Å². The fraction of sp³-hybridized carbons (Fsp3) is 0.393. The van der Waals surface area contributed by atoms with Crippen molar-refractivity contribution in [2.24, 2.45) is 5.92 Å². The van der Waals surface area contributed by atoms with Gasteiger partial charge in [-0.1, -0.05) is 49.6 Å². The lowest BCUT2D eigenvalue weighted by atomic mass is 10.00. The van der Waals surface area contributed by atoms with Crippen molar-refractivity contribution in [2.45, 2.75) is 25.2 Å². The molecule has 3 heterocycles. The summed E-state index contributed by atoms with van der Waals surface area (Å²) in [6.07, 6.45) is 7.11. The Labute approximate surface area is 244 Å². The molecule has 0 spiro atoms. The number of rotatable bonds is 17. The molecule has 3 aromatic rings. The number of allylic oxidation sites excluding steroid dienone is 2. The van der Waals surface area contributed by atoms with Crippen LogP contribution in [0.5, 0.6) is 11.6 Å². The van der Waals surface area contributed by atoms with Crippen molar-refractivity contribution >= 4 is 24.9 Å². The number of ether oxygens (including phenoxy) is 4. The Bertz CT molecular complexity index is 1420. The fourth-order valence-electron chi connectivity index (χ4n) is 4.51. The largest absolute Gasteiger partial charge is 0.479 e. The van der Waals surface area contributed by atoms with Crippen molar-refractivity contribution in [3.63, 3.8) is 0 Å². The van der Waals surface area contributed by atoms with Crippen molar-refractivity contribution in [2.75, 3.05) is 46.5 Å². The van der Waals surface area contributed by atoms with Crippen LogP contribution < -0.4 is 20.1 Å². The summed E-state index contributed by atoms with van der Waals surface area (Å²) in [5, 5.41) is 2.78. The number of aromatic nitrogens is 4. The molecule has 1 saturated heterocycles. The van der Waals surface area contributed by atoms with E-state index < -0.39 is 20.1 Å². The van der Waals surface area contributed by atoms with Crippen LogP contribution in [-0.2, 0) is 23.3 Å². The van der Waals surface area contributed by atoms with Crippen LogP contribution in [0.1, 0.15) is 19.1 Å². The van der Waals surface area contributed by atoms with E-state index >= 15 is 0 Å². The van der Waals surface area contributed by atoms with Gasteiger partial charge < -0.3 is 29.2 Å². The van der Waals surface area contributed by atoms with E-state index in [-0.39, 0.29) is 37.7 Å². The zero-order chi connectivity index (χ0) is 30.0. The minimum absolute atomic E-state index is 0.0119. The summed E-state index contributed by atoms with van der Waals surface area (Å²) in [4.78, 5) is 12.9. The van der Waals surface area contributed by atoms with Crippen LogP contribution in [-0.4, -0.2) is 66.4 Å². The highest BCUT2D eigenvalue weighted by molar-refractivity contribution is 7.52. The minimum atomic E-state index is -3.87. The van der Waals surface area contributed by atoms with E-state index in [1.165, 1.54) is 7.11 Å². The van der Waals surface area contributed by atoms with Gasteiger partial charge in [0.25, 0.3) is 0 Å². The predicted octanol–water partition coefficient (Wildman–Crippen LogP) is 4.42. The summed E-state index contributed by atoms with van der Waals surface area (Å²) >= 11 is 0. The van der Waals surface area contributed by atoms with E-state index in [0.717, 1.165) is 5.57 Å². The van der Waals surface area contributed by atoms with Gasteiger partial charge in [-0.2, -0.15) is 15.1 Å². The first-order valence-corrected chi connectivity index (χ1v) is 14.9. The summed E-state index contributed by atoms with van der Waals surface area (Å²) in [6, 6.07) is 8.77. The van der Waals surface area contributed by atoms with Crippen LogP contribution in [0.25, 0.3) is 11.2 Å². The number of para-hydroxylation sites is 1. The van der Waals surface area contributed by atoms with Gasteiger partial charge in [0, 0.05) is 19.6 Å². The number of methoxy groups -OCH3 is 2. The molecule has 3 N–H and O–H groups in total. The Balaban J connectivity index is 1.48. The lowest BCUT2D eigenvalue weighted by Crippen LogP contribution is -2.24. The van der Waals surface area contributed by atoms with Gasteiger partial charge in [0.05, 0.1) is 32.8 Å². The van der Waals surface area contributed by atoms with Crippen LogP contribution >= 0.6 is 7.75 Å². The minimum Gasteiger partial charge on any atom is -0.479 e. The molecule has 1 aliphatic rings. The maximum absolute atomic E-state index is 13.8. The molecule has 1 aromatic carbocycles. The summed E-state index contributed by atoms with van der Waals surface area (Å²) in [7, 11) is -0.734. The Morgan fingerprint density at radius 2 is 2.07 bits per heavy atom. The third kappa shape index (κ3) is 8.03. The number of benzene rings is 1. The van der Waals surface area contributed by atoms with Crippen LogP contribution in [0.15, 0.2) is 73.6 Å². The standard InChI is InChI=1S/C28H37N6O7P/c1-5-10-20(6-2)16-38-19-31-42(35,41-22-11-8-7-9-12-22)39-17-23-15-21(13-14-36-3)27(40-23)34-18-30-24-25(34)32-28(29)33-26(24)37-4/h5-12,18,21,23,27H,1-2,13-17,19H2,3-4H3,(H,31,35)(H2,29,32,33)/b20-10+. The highest BCUT2D eigenvalue weighted by Crippen LogP contribution is 2.46. The quantitative estimate of drug-likeness (QED) is 0.0975. The number of fused-ring (bicyclic) bond motifs is 1. The van der Waals surface area contributed by atoms with Crippen molar-refractivity contribution in [3.8, 4) is 11.6 Å². The number of imidazole rings is 1. The number of nitrogens with two attached hydrogens (primary N) is 1. The van der Waals surface area contributed by atoms with E-state index in [0.29, 0.717) is 36.4 Å². The normalized spacial score (nSPS) is 20.3. The molecule has 0 bridgehead atoms. The van der Waals surface area contributed by atoms with Gasteiger partial charge in [0.2, 0.25) is 11.8 Å². The molecule has 2 aromatic heterocycles. The van der Waals surface area contributed by atoms with E-state index in [1.54, 1.807) is 60.5 Å². The highest BCUT2D eigenvalue weighted by atomic mass is 31.2. The van der Waals surface area contributed by atoms with Gasteiger partial charge in [-0.15, -0.1) is 0 Å². The Kier molecular flexibility index (Phi) is 11.2. The molecule has 1 fully saturated rings. The second-order valence-electron chi connectivity index (χ2n) is 9.37. The number of anilines is 1. The van der Waals surface area contributed by atoms with Crippen LogP contribution in [0.4, 0.5) is 5.95 Å². The molecule has 0 radical (unpaired) electrons. The third-order valence-electron chi connectivity index (χ3n) is 6.49. The molecule has 14 heteroatoms. The molecule has 4 unspecified atom stereocenters. The second kappa shape index (κ2) is 15.1. The molecular weight excluding hydrogens is 563 g/mol.